The van der Waals surface area contributed by atoms with Crippen LogP contribution in [0.1, 0.15) is 22.8 Å². The fraction of sp³-hybridized carbons (Fsp3) is 0.176. The second-order valence-electron chi connectivity index (χ2n) is 5.09. The Labute approximate surface area is 146 Å². The predicted octanol–water partition coefficient (Wildman–Crippen LogP) is 4.54. The summed E-state index contributed by atoms with van der Waals surface area (Å²) in [6.07, 6.45) is -5.62. The van der Waals surface area contributed by atoms with Gasteiger partial charge in [0.15, 0.2) is 6.10 Å². The minimum Gasteiger partial charge on any atom is -0.449 e. The fourth-order valence-electron chi connectivity index (χ4n) is 1.89. The molecule has 1 amide bonds. The number of esters is 1. The molecule has 0 aliphatic rings. The highest BCUT2D eigenvalue weighted by Crippen LogP contribution is 2.29. The van der Waals surface area contributed by atoms with Crippen molar-refractivity contribution in [3.63, 3.8) is 0 Å². The third-order valence-electron chi connectivity index (χ3n) is 3.23. The molecule has 0 fully saturated rings. The number of carbonyl (C=O) groups excluding carboxylic acids is 2. The highest BCUT2D eigenvalue weighted by Gasteiger charge is 2.30. The molecule has 0 saturated heterocycles. The largest absolute Gasteiger partial charge is 0.449 e. The molecule has 0 aliphatic carbocycles. The van der Waals surface area contributed by atoms with Crippen LogP contribution in [0.4, 0.5) is 18.9 Å². The Morgan fingerprint density at radius 2 is 1.68 bits per heavy atom. The monoisotopic (exact) mass is 371 g/mol. The van der Waals surface area contributed by atoms with Crippen molar-refractivity contribution in [3.8, 4) is 0 Å². The minimum atomic E-state index is -4.46. The van der Waals surface area contributed by atoms with E-state index in [1.807, 2.05) is 0 Å². The molecular weight excluding hydrogens is 359 g/mol. The number of hydrogen-bond acceptors (Lipinski definition) is 3. The van der Waals surface area contributed by atoms with Crippen LogP contribution in [-0.4, -0.2) is 18.0 Å². The average molecular weight is 372 g/mol. The summed E-state index contributed by atoms with van der Waals surface area (Å²) in [4.78, 5) is 24.0. The summed E-state index contributed by atoms with van der Waals surface area (Å²) < 4.78 is 42.5. The van der Waals surface area contributed by atoms with Crippen LogP contribution in [0, 0.1) is 0 Å². The third-order valence-corrected chi connectivity index (χ3v) is 3.56. The van der Waals surface area contributed by atoms with Crippen LogP contribution in [0.15, 0.2) is 48.5 Å². The van der Waals surface area contributed by atoms with Crippen molar-refractivity contribution in [2.45, 2.75) is 19.2 Å². The maximum atomic E-state index is 12.5. The topological polar surface area (TPSA) is 55.4 Å². The number of nitrogens with one attached hydrogen (secondary N) is 1. The van der Waals surface area contributed by atoms with Gasteiger partial charge >= 0.3 is 12.1 Å². The zero-order valence-electron chi connectivity index (χ0n) is 12.9. The first-order valence-corrected chi connectivity index (χ1v) is 7.50. The second kappa shape index (κ2) is 7.57. The summed E-state index contributed by atoms with van der Waals surface area (Å²) >= 11 is 5.87. The first-order chi connectivity index (χ1) is 11.7. The maximum absolute atomic E-state index is 12.5. The van der Waals surface area contributed by atoms with E-state index in [4.69, 9.17) is 16.3 Å². The highest BCUT2D eigenvalue weighted by atomic mass is 35.5. The van der Waals surface area contributed by atoms with E-state index in [1.165, 1.54) is 19.1 Å². The summed E-state index contributed by atoms with van der Waals surface area (Å²) in [6, 6.07) is 10.1. The van der Waals surface area contributed by atoms with Gasteiger partial charge in [0, 0.05) is 5.69 Å². The molecular formula is C17H13ClF3NO3. The molecule has 0 aromatic heterocycles. The number of ether oxygens (including phenoxy) is 1. The van der Waals surface area contributed by atoms with Crippen molar-refractivity contribution in [1.82, 2.24) is 0 Å². The van der Waals surface area contributed by atoms with Gasteiger partial charge in [-0.25, -0.2) is 4.79 Å². The van der Waals surface area contributed by atoms with Gasteiger partial charge in [0.1, 0.15) is 0 Å². The lowest BCUT2D eigenvalue weighted by atomic mass is 10.2. The van der Waals surface area contributed by atoms with Crippen molar-refractivity contribution in [1.29, 1.82) is 0 Å². The molecule has 2 aromatic rings. The molecule has 0 aliphatic heterocycles. The molecule has 2 rings (SSSR count). The standard InChI is InChI=1S/C17H13ClF3NO3/c1-10(25-16(24)13-4-2-3-5-14(13)18)15(23)22-12-8-6-11(7-9-12)17(19,20)21/h2-10H,1H3,(H,22,23)/t10-/m1/s1. The number of amides is 1. The van der Waals surface area contributed by atoms with Gasteiger partial charge in [-0.2, -0.15) is 13.2 Å². The molecule has 0 bridgehead atoms. The lowest BCUT2D eigenvalue weighted by Crippen LogP contribution is -2.30. The Morgan fingerprint density at radius 3 is 2.24 bits per heavy atom. The molecule has 0 saturated carbocycles. The predicted molar refractivity (Wildman–Crippen MR) is 86.4 cm³/mol. The number of rotatable bonds is 4. The minimum absolute atomic E-state index is 0.110. The summed E-state index contributed by atoms with van der Waals surface area (Å²) in [5.41, 5.74) is -0.569. The van der Waals surface area contributed by atoms with E-state index in [0.29, 0.717) is 0 Å². The molecule has 1 N–H and O–H groups in total. The number of halogens is 4. The van der Waals surface area contributed by atoms with Gasteiger partial charge in [0.05, 0.1) is 16.1 Å². The van der Waals surface area contributed by atoms with E-state index >= 15 is 0 Å². The molecule has 132 valence electrons. The Morgan fingerprint density at radius 1 is 1.08 bits per heavy atom. The van der Waals surface area contributed by atoms with E-state index in [9.17, 15) is 22.8 Å². The number of benzene rings is 2. The summed E-state index contributed by atoms with van der Waals surface area (Å²) in [6.45, 7) is 1.34. The lowest BCUT2D eigenvalue weighted by molar-refractivity contribution is -0.137. The maximum Gasteiger partial charge on any atom is 0.416 e. The summed E-state index contributed by atoms with van der Waals surface area (Å²) in [7, 11) is 0. The molecule has 0 unspecified atom stereocenters. The molecule has 2 aromatic carbocycles. The quantitative estimate of drug-likeness (QED) is 0.803. The van der Waals surface area contributed by atoms with Gasteiger partial charge in [-0.3, -0.25) is 4.79 Å². The first kappa shape index (κ1) is 18.8. The Hall–Kier alpha value is -2.54. The van der Waals surface area contributed by atoms with E-state index in [-0.39, 0.29) is 16.3 Å². The van der Waals surface area contributed by atoms with E-state index in [0.717, 1.165) is 24.3 Å². The summed E-state index contributed by atoms with van der Waals surface area (Å²) in [5.74, 6) is -1.46. The van der Waals surface area contributed by atoms with Crippen molar-refractivity contribution in [2.75, 3.05) is 5.32 Å². The van der Waals surface area contributed by atoms with Gasteiger partial charge in [-0.05, 0) is 43.3 Å². The van der Waals surface area contributed by atoms with Crippen LogP contribution in [0.25, 0.3) is 0 Å². The SMILES string of the molecule is C[C@@H](OC(=O)c1ccccc1Cl)C(=O)Nc1ccc(C(F)(F)F)cc1. The van der Waals surface area contributed by atoms with Crippen LogP contribution < -0.4 is 5.32 Å². The number of carbonyl (C=O) groups is 2. The van der Waals surface area contributed by atoms with E-state index < -0.39 is 29.7 Å². The van der Waals surface area contributed by atoms with Crippen LogP contribution in [-0.2, 0) is 15.7 Å². The van der Waals surface area contributed by atoms with Crippen LogP contribution in [0.2, 0.25) is 5.02 Å². The zero-order valence-corrected chi connectivity index (χ0v) is 13.7. The Balaban J connectivity index is 1.98. The van der Waals surface area contributed by atoms with Crippen LogP contribution in [0.3, 0.4) is 0 Å². The van der Waals surface area contributed by atoms with Gasteiger partial charge in [-0.15, -0.1) is 0 Å². The zero-order chi connectivity index (χ0) is 18.6. The van der Waals surface area contributed by atoms with E-state index in [2.05, 4.69) is 5.32 Å². The second-order valence-corrected chi connectivity index (χ2v) is 5.50. The Kier molecular flexibility index (Phi) is 5.69. The van der Waals surface area contributed by atoms with E-state index in [1.54, 1.807) is 12.1 Å². The lowest BCUT2D eigenvalue weighted by Gasteiger charge is -2.14. The fourth-order valence-corrected chi connectivity index (χ4v) is 2.10. The highest BCUT2D eigenvalue weighted by molar-refractivity contribution is 6.33. The third kappa shape index (κ3) is 4.96. The first-order valence-electron chi connectivity index (χ1n) is 7.12. The molecule has 8 heteroatoms. The molecule has 4 nitrogen and oxygen atoms in total. The van der Waals surface area contributed by atoms with Crippen molar-refractivity contribution in [3.05, 3.63) is 64.7 Å². The van der Waals surface area contributed by atoms with Gasteiger partial charge in [-0.1, -0.05) is 23.7 Å². The smallest absolute Gasteiger partial charge is 0.416 e. The van der Waals surface area contributed by atoms with Gasteiger partial charge in [0.25, 0.3) is 5.91 Å². The van der Waals surface area contributed by atoms with Gasteiger partial charge in [0.2, 0.25) is 0 Å². The normalized spacial score (nSPS) is 12.4. The average Bonchev–Trinajstić information content (AvgIpc) is 2.54. The summed E-state index contributed by atoms with van der Waals surface area (Å²) in [5, 5.41) is 2.56. The molecule has 1 atom stereocenters. The Bertz CT molecular complexity index is 775. The number of hydrogen-bond donors (Lipinski definition) is 1. The van der Waals surface area contributed by atoms with Gasteiger partial charge < -0.3 is 10.1 Å². The van der Waals surface area contributed by atoms with Crippen LogP contribution >= 0.6 is 11.6 Å². The van der Waals surface area contributed by atoms with Crippen LogP contribution in [0.5, 0.6) is 0 Å². The number of alkyl halides is 3. The molecule has 0 radical (unpaired) electrons. The molecule has 0 heterocycles. The van der Waals surface area contributed by atoms with Crippen molar-refractivity contribution < 1.29 is 27.5 Å². The van der Waals surface area contributed by atoms with Crippen molar-refractivity contribution in [2.24, 2.45) is 0 Å². The molecule has 25 heavy (non-hydrogen) atoms. The number of anilines is 1. The molecule has 0 spiro atoms. The van der Waals surface area contributed by atoms with Crippen molar-refractivity contribution >= 4 is 29.2 Å².